The Labute approximate surface area is 172 Å². The van der Waals surface area contributed by atoms with Crippen LogP contribution in [0, 0.1) is 20.8 Å². The summed E-state index contributed by atoms with van der Waals surface area (Å²) in [6.45, 7) is 8.61. The second kappa shape index (κ2) is 7.95. The van der Waals surface area contributed by atoms with E-state index in [4.69, 9.17) is 0 Å². The number of carbonyl (C=O) groups is 1. The van der Waals surface area contributed by atoms with Gasteiger partial charge in [0, 0.05) is 43.5 Å². The molecule has 1 fully saturated rings. The first-order valence-electron chi connectivity index (χ1n) is 10.3. The monoisotopic (exact) mass is 391 g/mol. The number of amides is 1. The van der Waals surface area contributed by atoms with Crippen molar-refractivity contribution in [1.29, 1.82) is 0 Å². The van der Waals surface area contributed by atoms with Crippen LogP contribution in [0.3, 0.4) is 0 Å². The van der Waals surface area contributed by atoms with Gasteiger partial charge in [0.25, 0.3) is 0 Å². The van der Waals surface area contributed by atoms with Gasteiger partial charge >= 0.3 is 0 Å². The smallest absolute Gasteiger partial charge is 0.223 e. The number of fused-ring (bicyclic) bond motifs is 1. The normalized spacial score (nSPS) is 17.8. The van der Waals surface area contributed by atoms with Crippen LogP contribution in [0.5, 0.6) is 0 Å². The lowest BCUT2D eigenvalue weighted by Gasteiger charge is -2.40. The molecule has 6 heteroatoms. The van der Waals surface area contributed by atoms with Crippen LogP contribution in [0.4, 0.5) is 0 Å². The Morgan fingerprint density at radius 3 is 2.66 bits per heavy atom. The Balaban J connectivity index is 1.54. The van der Waals surface area contributed by atoms with Crippen molar-refractivity contribution >= 4 is 11.6 Å². The number of aryl methyl sites for hydroxylation is 3. The highest BCUT2D eigenvalue weighted by atomic mass is 16.2. The number of aromatic nitrogens is 3. The second-order valence-corrected chi connectivity index (χ2v) is 8.09. The van der Waals surface area contributed by atoms with E-state index in [0.717, 1.165) is 47.9 Å². The number of hydrogen-bond donors (Lipinski definition) is 0. The summed E-state index contributed by atoms with van der Waals surface area (Å²) < 4.78 is 1.89. The van der Waals surface area contributed by atoms with Crippen molar-refractivity contribution in [2.75, 3.05) is 26.7 Å². The lowest BCUT2D eigenvalue weighted by Crippen LogP contribution is -2.49. The number of rotatable bonds is 4. The minimum atomic E-state index is 0.110. The van der Waals surface area contributed by atoms with Gasteiger partial charge in [-0.1, -0.05) is 30.3 Å². The Morgan fingerprint density at radius 1 is 1.14 bits per heavy atom. The molecular formula is C23H29N5O. The van der Waals surface area contributed by atoms with Crippen LogP contribution in [0.15, 0.2) is 36.4 Å². The molecular weight excluding hydrogens is 362 g/mol. The molecule has 1 unspecified atom stereocenters. The van der Waals surface area contributed by atoms with Crippen molar-refractivity contribution in [3.63, 3.8) is 0 Å². The minimum Gasteiger partial charge on any atom is -0.333 e. The molecule has 2 aromatic heterocycles. The molecule has 1 amide bonds. The van der Waals surface area contributed by atoms with Crippen LogP contribution in [0.25, 0.3) is 5.65 Å². The van der Waals surface area contributed by atoms with Crippen LogP contribution in [0.1, 0.15) is 40.7 Å². The first-order valence-corrected chi connectivity index (χ1v) is 10.3. The third-order valence-corrected chi connectivity index (χ3v) is 5.96. The number of likely N-dealkylation sites (N-methyl/N-ethyl adjacent to an activating group) is 1. The predicted molar refractivity (Wildman–Crippen MR) is 114 cm³/mol. The fourth-order valence-electron chi connectivity index (χ4n) is 4.36. The highest BCUT2D eigenvalue weighted by Gasteiger charge is 2.30. The number of benzene rings is 1. The molecule has 0 bridgehead atoms. The number of piperazine rings is 1. The topological polar surface area (TPSA) is 53.7 Å². The highest BCUT2D eigenvalue weighted by molar-refractivity contribution is 5.77. The molecule has 0 aliphatic carbocycles. The summed E-state index contributed by atoms with van der Waals surface area (Å²) in [6.07, 6.45) is 1.17. The van der Waals surface area contributed by atoms with E-state index in [0.29, 0.717) is 12.8 Å². The van der Waals surface area contributed by atoms with Crippen LogP contribution < -0.4 is 0 Å². The molecule has 29 heavy (non-hydrogen) atoms. The Bertz CT molecular complexity index is 1030. The van der Waals surface area contributed by atoms with Crippen LogP contribution in [0.2, 0.25) is 0 Å². The van der Waals surface area contributed by atoms with Gasteiger partial charge in [0.2, 0.25) is 5.91 Å². The molecule has 1 saturated heterocycles. The molecule has 0 N–H and O–H groups in total. The molecule has 1 aromatic carbocycles. The maximum atomic E-state index is 13.2. The molecule has 152 valence electrons. The van der Waals surface area contributed by atoms with Gasteiger partial charge in [-0.05, 0) is 45.4 Å². The third kappa shape index (κ3) is 3.90. The van der Waals surface area contributed by atoms with Gasteiger partial charge in [-0.15, -0.1) is 0 Å². The molecule has 6 nitrogen and oxygen atoms in total. The first kappa shape index (κ1) is 19.6. The van der Waals surface area contributed by atoms with Crippen molar-refractivity contribution < 1.29 is 4.79 Å². The van der Waals surface area contributed by atoms with Gasteiger partial charge in [0.05, 0.1) is 11.7 Å². The van der Waals surface area contributed by atoms with Crippen molar-refractivity contribution in [2.24, 2.45) is 0 Å². The quantitative estimate of drug-likeness (QED) is 0.686. The summed E-state index contributed by atoms with van der Waals surface area (Å²) in [5, 5.41) is 4.54. The van der Waals surface area contributed by atoms with Gasteiger partial charge < -0.3 is 9.80 Å². The summed E-state index contributed by atoms with van der Waals surface area (Å²) >= 11 is 0. The van der Waals surface area contributed by atoms with Gasteiger partial charge in [-0.2, -0.15) is 5.10 Å². The summed E-state index contributed by atoms with van der Waals surface area (Å²) in [4.78, 5) is 22.3. The molecule has 0 radical (unpaired) electrons. The lowest BCUT2D eigenvalue weighted by molar-refractivity contribution is -0.136. The Morgan fingerprint density at radius 2 is 1.90 bits per heavy atom. The maximum Gasteiger partial charge on any atom is 0.223 e. The largest absolute Gasteiger partial charge is 0.333 e. The zero-order valence-electron chi connectivity index (χ0n) is 17.7. The maximum absolute atomic E-state index is 13.2. The summed E-state index contributed by atoms with van der Waals surface area (Å²) in [5.41, 5.74) is 6.22. The van der Waals surface area contributed by atoms with Crippen molar-refractivity contribution in [1.82, 2.24) is 24.4 Å². The van der Waals surface area contributed by atoms with Crippen LogP contribution in [-0.4, -0.2) is 57.0 Å². The standard InChI is InChI=1S/C23H29N5O/c1-16-14-22-24-17(2)20(18(3)28(22)25-16)10-11-23(29)27-13-12-26(4)15-21(27)19-8-6-5-7-9-19/h5-9,14,21H,10-13,15H2,1-4H3. The predicted octanol–water partition coefficient (Wildman–Crippen LogP) is 3.10. The third-order valence-electron chi connectivity index (χ3n) is 5.96. The molecule has 1 aliphatic rings. The van der Waals surface area contributed by atoms with E-state index < -0.39 is 0 Å². The van der Waals surface area contributed by atoms with Gasteiger partial charge in [-0.3, -0.25) is 4.79 Å². The van der Waals surface area contributed by atoms with Crippen molar-refractivity contribution in [3.05, 3.63) is 64.6 Å². The lowest BCUT2D eigenvalue weighted by atomic mass is 10.0. The fourth-order valence-corrected chi connectivity index (χ4v) is 4.36. The molecule has 4 rings (SSSR count). The summed E-state index contributed by atoms with van der Waals surface area (Å²) in [6, 6.07) is 12.5. The molecule has 0 saturated carbocycles. The van der Waals surface area contributed by atoms with E-state index in [9.17, 15) is 4.79 Å². The van der Waals surface area contributed by atoms with E-state index in [-0.39, 0.29) is 11.9 Å². The van der Waals surface area contributed by atoms with Crippen molar-refractivity contribution in [3.8, 4) is 0 Å². The average molecular weight is 392 g/mol. The van der Waals surface area contributed by atoms with Gasteiger partial charge in [-0.25, -0.2) is 9.50 Å². The van der Waals surface area contributed by atoms with Gasteiger partial charge in [0.15, 0.2) is 5.65 Å². The zero-order valence-corrected chi connectivity index (χ0v) is 17.7. The number of carbonyl (C=O) groups excluding carboxylic acids is 1. The SMILES string of the molecule is Cc1cc2nc(C)c(CCC(=O)N3CCN(C)CC3c3ccccc3)c(C)n2n1. The van der Waals surface area contributed by atoms with E-state index in [2.05, 4.69) is 46.0 Å². The van der Waals surface area contributed by atoms with Gasteiger partial charge in [0.1, 0.15) is 0 Å². The zero-order chi connectivity index (χ0) is 20.5. The number of nitrogens with zero attached hydrogens (tertiary/aromatic N) is 5. The summed E-state index contributed by atoms with van der Waals surface area (Å²) in [5.74, 6) is 0.211. The molecule has 1 aliphatic heterocycles. The van der Waals surface area contributed by atoms with E-state index >= 15 is 0 Å². The first-order chi connectivity index (χ1) is 13.9. The molecule has 1 atom stereocenters. The Kier molecular flexibility index (Phi) is 5.37. The van der Waals surface area contributed by atoms with E-state index in [1.165, 1.54) is 5.56 Å². The fraction of sp³-hybridized carbons (Fsp3) is 0.435. The van der Waals surface area contributed by atoms with E-state index in [1.807, 2.05) is 42.6 Å². The number of hydrogen-bond acceptors (Lipinski definition) is 4. The second-order valence-electron chi connectivity index (χ2n) is 8.09. The van der Waals surface area contributed by atoms with E-state index in [1.54, 1.807) is 0 Å². The van der Waals surface area contributed by atoms with Crippen LogP contribution in [-0.2, 0) is 11.2 Å². The minimum absolute atomic E-state index is 0.110. The van der Waals surface area contributed by atoms with Crippen LogP contribution >= 0.6 is 0 Å². The Hall–Kier alpha value is -2.73. The summed E-state index contributed by atoms with van der Waals surface area (Å²) in [7, 11) is 2.12. The highest BCUT2D eigenvalue weighted by Crippen LogP contribution is 2.26. The molecule has 3 aromatic rings. The average Bonchev–Trinajstić information content (AvgIpc) is 3.08. The molecule has 0 spiro atoms. The molecule has 3 heterocycles. The van der Waals surface area contributed by atoms with Crippen molar-refractivity contribution in [2.45, 2.75) is 39.7 Å².